The first-order chi connectivity index (χ1) is 10.3. The molecular formula is C16H23N3O2. The Kier molecular flexibility index (Phi) is 4.41. The second kappa shape index (κ2) is 6.45. The summed E-state index contributed by atoms with van der Waals surface area (Å²) in [5.41, 5.74) is 8.32. The fourth-order valence-corrected chi connectivity index (χ4v) is 3.01. The Labute approximate surface area is 125 Å². The molecule has 1 aromatic carbocycles. The standard InChI is InChI=1S/C16H23N3O2/c17-16(18-20)7-9-19(13-5-6-13)11-15-14-4-2-1-3-12(14)8-10-21-15/h1-4,13,15,20H,5-11H2,(H2,17,18). The summed E-state index contributed by atoms with van der Waals surface area (Å²) in [6.45, 7) is 2.50. The van der Waals surface area contributed by atoms with Crippen LogP contribution in [0.2, 0.25) is 0 Å². The van der Waals surface area contributed by atoms with Crippen molar-refractivity contribution in [1.82, 2.24) is 4.90 Å². The fourth-order valence-electron chi connectivity index (χ4n) is 3.01. The quantitative estimate of drug-likeness (QED) is 0.363. The number of benzene rings is 1. The third-order valence-corrected chi connectivity index (χ3v) is 4.34. The van der Waals surface area contributed by atoms with Crippen LogP contribution in [0.25, 0.3) is 0 Å². The van der Waals surface area contributed by atoms with Gasteiger partial charge in [-0.3, -0.25) is 4.90 Å². The monoisotopic (exact) mass is 289 g/mol. The van der Waals surface area contributed by atoms with Gasteiger partial charge in [-0.25, -0.2) is 0 Å². The number of ether oxygens (including phenoxy) is 1. The van der Waals surface area contributed by atoms with Gasteiger partial charge in [0.05, 0.1) is 12.7 Å². The topological polar surface area (TPSA) is 71.1 Å². The average Bonchev–Trinajstić information content (AvgIpc) is 3.36. The number of rotatable bonds is 6. The molecule has 21 heavy (non-hydrogen) atoms. The Morgan fingerprint density at radius 2 is 2.19 bits per heavy atom. The smallest absolute Gasteiger partial charge is 0.140 e. The maximum atomic E-state index is 8.67. The number of hydrogen-bond acceptors (Lipinski definition) is 4. The van der Waals surface area contributed by atoms with E-state index in [9.17, 15) is 0 Å². The van der Waals surface area contributed by atoms with E-state index in [0.29, 0.717) is 18.3 Å². The van der Waals surface area contributed by atoms with Crippen molar-refractivity contribution in [2.75, 3.05) is 19.7 Å². The van der Waals surface area contributed by atoms with Crippen LogP contribution in [0.15, 0.2) is 29.4 Å². The van der Waals surface area contributed by atoms with Gasteiger partial charge in [-0.1, -0.05) is 29.4 Å². The number of fused-ring (bicyclic) bond motifs is 1. The summed E-state index contributed by atoms with van der Waals surface area (Å²) in [6, 6.07) is 9.18. The molecule has 1 aliphatic heterocycles. The second-order valence-electron chi connectivity index (χ2n) is 5.88. The van der Waals surface area contributed by atoms with Gasteiger partial charge < -0.3 is 15.7 Å². The molecule has 0 saturated heterocycles. The summed E-state index contributed by atoms with van der Waals surface area (Å²) in [6.07, 6.45) is 4.22. The first-order valence-corrected chi connectivity index (χ1v) is 7.68. The van der Waals surface area contributed by atoms with Crippen LogP contribution < -0.4 is 5.73 Å². The molecule has 1 fully saturated rings. The van der Waals surface area contributed by atoms with E-state index in [4.69, 9.17) is 15.7 Å². The van der Waals surface area contributed by atoms with Crippen molar-refractivity contribution in [3.05, 3.63) is 35.4 Å². The van der Waals surface area contributed by atoms with Gasteiger partial charge in [0, 0.05) is 25.6 Å². The van der Waals surface area contributed by atoms with E-state index in [1.807, 2.05) is 0 Å². The van der Waals surface area contributed by atoms with Crippen LogP contribution in [0.3, 0.4) is 0 Å². The Morgan fingerprint density at radius 1 is 1.38 bits per heavy atom. The van der Waals surface area contributed by atoms with Gasteiger partial charge in [-0.2, -0.15) is 0 Å². The number of oxime groups is 1. The Morgan fingerprint density at radius 3 is 2.95 bits per heavy atom. The number of hydrogen-bond donors (Lipinski definition) is 2. The van der Waals surface area contributed by atoms with Crippen molar-refractivity contribution in [1.29, 1.82) is 0 Å². The lowest BCUT2D eigenvalue weighted by Crippen LogP contribution is -2.36. The van der Waals surface area contributed by atoms with Gasteiger partial charge in [0.1, 0.15) is 5.84 Å². The highest BCUT2D eigenvalue weighted by atomic mass is 16.5. The van der Waals surface area contributed by atoms with Crippen molar-refractivity contribution < 1.29 is 9.94 Å². The maximum Gasteiger partial charge on any atom is 0.140 e. The molecule has 2 aliphatic rings. The van der Waals surface area contributed by atoms with Gasteiger partial charge in [-0.05, 0) is 30.4 Å². The molecule has 5 nitrogen and oxygen atoms in total. The third kappa shape index (κ3) is 3.54. The van der Waals surface area contributed by atoms with Crippen molar-refractivity contribution in [2.24, 2.45) is 10.9 Å². The summed E-state index contributed by atoms with van der Waals surface area (Å²) < 4.78 is 5.99. The van der Waals surface area contributed by atoms with Gasteiger partial charge in [0.2, 0.25) is 0 Å². The largest absolute Gasteiger partial charge is 0.409 e. The minimum absolute atomic E-state index is 0.142. The summed E-state index contributed by atoms with van der Waals surface area (Å²) in [4.78, 5) is 2.42. The van der Waals surface area contributed by atoms with Crippen LogP contribution in [0.4, 0.5) is 0 Å². The molecule has 1 atom stereocenters. The molecule has 0 radical (unpaired) electrons. The molecule has 1 unspecified atom stereocenters. The predicted molar refractivity (Wildman–Crippen MR) is 81.5 cm³/mol. The van der Waals surface area contributed by atoms with E-state index >= 15 is 0 Å². The zero-order chi connectivity index (χ0) is 14.7. The summed E-state index contributed by atoms with van der Waals surface area (Å²) in [5.74, 6) is 0.297. The van der Waals surface area contributed by atoms with Crippen molar-refractivity contribution in [2.45, 2.75) is 37.8 Å². The van der Waals surface area contributed by atoms with Crippen LogP contribution in [0.1, 0.15) is 36.5 Å². The number of amidine groups is 1. The van der Waals surface area contributed by atoms with E-state index in [0.717, 1.165) is 26.1 Å². The molecule has 114 valence electrons. The summed E-state index contributed by atoms with van der Waals surface area (Å²) >= 11 is 0. The Bertz CT molecular complexity index is 514. The predicted octanol–water partition coefficient (Wildman–Crippen LogP) is 1.90. The first-order valence-electron chi connectivity index (χ1n) is 7.68. The number of nitrogens with zero attached hydrogens (tertiary/aromatic N) is 2. The second-order valence-corrected chi connectivity index (χ2v) is 5.88. The van der Waals surface area contributed by atoms with E-state index in [1.165, 1.54) is 24.0 Å². The van der Waals surface area contributed by atoms with E-state index in [-0.39, 0.29) is 6.10 Å². The van der Waals surface area contributed by atoms with Crippen LogP contribution in [0.5, 0.6) is 0 Å². The Hall–Kier alpha value is -1.59. The number of nitrogens with two attached hydrogens (primary N) is 1. The molecule has 3 rings (SSSR count). The van der Waals surface area contributed by atoms with Gasteiger partial charge in [0.15, 0.2) is 0 Å². The van der Waals surface area contributed by atoms with E-state index < -0.39 is 0 Å². The fraction of sp³-hybridized carbons (Fsp3) is 0.562. The molecule has 0 spiro atoms. The van der Waals surface area contributed by atoms with Crippen molar-refractivity contribution in [3.8, 4) is 0 Å². The van der Waals surface area contributed by atoms with E-state index in [1.54, 1.807) is 0 Å². The SMILES string of the molecule is NC(CCN(CC1OCCc2ccccc21)C1CC1)=NO. The molecule has 0 aromatic heterocycles. The highest BCUT2D eigenvalue weighted by Gasteiger charge is 2.32. The minimum Gasteiger partial charge on any atom is -0.409 e. The molecular weight excluding hydrogens is 266 g/mol. The van der Waals surface area contributed by atoms with Crippen LogP contribution >= 0.6 is 0 Å². The van der Waals surface area contributed by atoms with Crippen molar-refractivity contribution >= 4 is 5.84 Å². The normalized spacial score (nSPS) is 22.3. The molecule has 5 heteroatoms. The lowest BCUT2D eigenvalue weighted by atomic mass is 9.97. The van der Waals surface area contributed by atoms with Crippen LogP contribution in [-0.4, -0.2) is 41.7 Å². The molecule has 1 saturated carbocycles. The molecule has 1 aromatic rings. The zero-order valence-electron chi connectivity index (χ0n) is 12.2. The molecule has 1 heterocycles. The average molecular weight is 289 g/mol. The maximum absolute atomic E-state index is 8.67. The first kappa shape index (κ1) is 14.4. The van der Waals surface area contributed by atoms with E-state index in [2.05, 4.69) is 34.3 Å². The lowest BCUT2D eigenvalue weighted by molar-refractivity contribution is 0.0145. The summed E-state index contributed by atoms with van der Waals surface area (Å²) in [5, 5.41) is 11.7. The summed E-state index contributed by atoms with van der Waals surface area (Å²) in [7, 11) is 0. The third-order valence-electron chi connectivity index (χ3n) is 4.34. The lowest BCUT2D eigenvalue weighted by Gasteiger charge is -2.31. The highest BCUT2D eigenvalue weighted by Crippen LogP contribution is 2.32. The van der Waals surface area contributed by atoms with Gasteiger partial charge in [-0.15, -0.1) is 0 Å². The minimum atomic E-state index is 0.142. The van der Waals surface area contributed by atoms with Crippen LogP contribution in [0, 0.1) is 0 Å². The van der Waals surface area contributed by atoms with Gasteiger partial charge in [0.25, 0.3) is 0 Å². The Balaban J connectivity index is 1.66. The zero-order valence-corrected chi connectivity index (χ0v) is 12.2. The van der Waals surface area contributed by atoms with Crippen molar-refractivity contribution in [3.63, 3.8) is 0 Å². The molecule has 3 N–H and O–H groups in total. The molecule has 1 aliphatic carbocycles. The van der Waals surface area contributed by atoms with Gasteiger partial charge >= 0.3 is 0 Å². The highest BCUT2D eigenvalue weighted by molar-refractivity contribution is 5.79. The molecule has 0 amide bonds. The van der Waals surface area contributed by atoms with Crippen LogP contribution in [-0.2, 0) is 11.2 Å². The molecule has 0 bridgehead atoms.